The van der Waals surface area contributed by atoms with Gasteiger partial charge in [-0.2, -0.15) is 26.3 Å². The fourth-order valence-electron chi connectivity index (χ4n) is 8.54. The van der Waals surface area contributed by atoms with E-state index in [1.807, 2.05) is 71.3 Å². The molecule has 0 radical (unpaired) electrons. The van der Waals surface area contributed by atoms with E-state index in [4.69, 9.17) is 18.9 Å². The van der Waals surface area contributed by atoms with E-state index in [1.54, 1.807) is 28.5 Å². The maximum atomic E-state index is 13.7. The van der Waals surface area contributed by atoms with E-state index in [1.165, 1.54) is 18.2 Å². The zero-order chi connectivity index (χ0) is 54.6. The summed E-state index contributed by atoms with van der Waals surface area (Å²) >= 11 is 0. The van der Waals surface area contributed by atoms with Crippen molar-refractivity contribution in [2.75, 3.05) is 102 Å². The lowest BCUT2D eigenvalue weighted by molar-refractivity contribution is -0.156. The van der Waals surface area contributed by atoms with Gasteiger partial charge in [0.1, 0.15) is 17.5 Å². The van der Waals surface area contributed by atoms with Crippen LogP contribution in [0, 0.1) is 10.8 Å². The number of esters is 2. The van der Waals surface area contributed by atoms with Crippen LogP contribution in [0.4, 0.5) is 47.3 Å². The van der Waals surface area contributed by atoms with Gasteiger partial charge in [0.25, 0.3) is 0 Å². The largest absolute Gasteiger partial charge is 0.466 e. The third-order valence-electron chi connectivity index (χ3n) is 12.9. The number of nitrogens with zero attached hydrogens (tertiary/aromatic N) is 5. The van der Waals surface area contributed by atoms with E-state index in [0.29, 0.717) is 121 Å². The fraction of sp³-hybridized carbons (Fsp3) is 0.673. The van der Waals surface area contributed by atoms with Crippen molar-refractivity contribution in [2.45, 2.75) is 125 Å². The highest BCUT2D eigenvalue weighted by molar-refractivity contribution is 5.79. The number of aldehydes is 1. The van der Waals surface area contributed by atoms with Crippen LogP contribution < -0.4 is 15.1 Å². The van der Waals surface area contributed by atoms with Crippen molar-refractivity contribution in [3.63, 3.8) is 0 Å². The highest BCUT2D eigenvalue weighted by Crippen LogP contribution is 2.39. The first-order valence-corrected chi connectivity index (χ1v) is 25.0. The number of rotatable bonds is 9. The number of carbonyl (C=O) groups excluding carboxylic acids is 5. The topological polar surface area (TPSA) is 150 Å². The lowest BCUT2D eigenvalue weighted by Gasteiger charge is -2.39. The summed E-state index contributed by atoms with van der Waals surface area (Å²) in [4.78, 5) is 68.2. The molecule has 0 aliphatic carbocycles. The Kier molecular flexibility index (Phi) is 20.9. The Balaban J connectivity index is 0.000000267. The summed E-state index contributed by atoms with van der Waals surface area (Å²) in [6.07, 6.45) is -7.13. The maximum absolute atomic E-state index is 13.7. The smallest absolute Gasteiger partial charge is 0.416 e. The number of amides is 2. The number of benzene rings is 2. The van der Waals surface area contributed by atoms with Gasteiger partial charge in [-0.25, -0.2) is 9.59 Å². The highest BCUT2D eigenvalue weighted by Gasteiger charge is 2.41. The molecule has 0 aromatic heterocycles. The summed E-state index contributed by atoms with van der Waals surface area (Å²) in [5.41, 5.74) is -2.32. The molecule has 2 amide bonds. The molecule has 21 heteroatoms. The molecule has 0 saturated carbocycles. The van der Waals surface area contributed by atoms with Crippen LogP contribution in [0.2, 0.25) is 0 Å². The third kappa shape index (κ3) is 18.5. The minimum Gasteiger partial charge on any atom is -0.466 e. The minimum atomic E-state index is -4.51. The van der Waals surface area contributed by atoms with Crippen LogP contribution in [0.15, 0.2) is 36.4 Å². The standard InChI is InChI=1S/C26H38F3N3O4.C17H20F3NO3.C9H18N2O2/c1-6-35-22(33)25(5)7-9-31(10-8-25)21-16-19(15-20(17-21)26(27,28)29)18-30-11-13-32(14-12-30)23(34)36-24(2,3)4;1-3-24-15(23)16(2)4-6-21(7-5-16)14-9-12(11-22)8-13(10-14)17(18,19)20;1-9(2,3)13-8(12)11-6-4-10-5-7-11/h15-17H,6-14,18H2,1-5H3;8-11H,3-7H2,1-2H3;10H,4-7H2,1-3H3. The number of piperidine rings is 2. The van der Waals surface area contributed by atoms with Crippen LogP contribution in [0.1, 0.15) is 122 Å². The van der Waals surface area contributed by atoms with Crippen LogP contribution in [-0.4, -0.2) is 148 Å². The van der Waals surface area contributed by atoms with Gasteiger partial charge in [-0.1, -0.05) is 0 Å². The van der Waals surface area contributed by atoms with E-state index >= 15 is 0 Å². The summed E-state index contributed by atoms with van der Waals surface area (Å²) in [6.45, 7) is 26.2. The zero-order valence-electron chi connectivity index (χ0n) is 44.2. The predicted octanol–water partition coefficient (Wildman–Crippen LogP) is 9.44. The van der Waals surface area contributed by atoms with Crippen molar-refractivity contribution in [1.82, 2.24) is 20.0 Å². The Labute approximate surface area is 426 Å². The van der Waals surface area contributed by atoms with E-state index in [9.17, 15) is 50.3 Å². The molecule has 2 aromatic carbocycles. The Bertz CT molecular complexity index is 2160. The van der Waals surface area contributed by atoms with Crippen LogP contribution in [-0.2, 0) is 47.4 Å². The molecule has 1 N–H and O–H groups in total. The molecular formula is C52H76F6N6O9. The molecule has 2 aromatic rings. The lowest BCUT2D eigenvalue weighted by Crippen LogP contribution is -2.49. The highest BCUT2D eigenvalue weighted by atomic mass is 19.4. The number of anilines is 2. The van der Waals surface area contributed by atoms with Gasteiger partial charge in [0.05, 0.1) is 35.2 Å². The number of ether oxygens (including phenoxy) is 4. The maximum Gasteiger partial charge on any atom is 0.416 e. The van der Waals surface area contributed by atoms with E-state index in [-0.39, 0.29) is 35.3 Å². The quantitative estimate of drug-likeness (QED) is 0.110. The molecule has 73 heavy (non-hydrogen) atoms. The predicted molar refractivity (Wildman–Crippen MR) is 264 cm³/mol. The molecule has 15 nitrogen and oxygen atoms in total. The normalized spacial score (nSPS) is 18.5. The van der Waals surface area contributed by atoms with Crippen LogP contribution in [0.3, 0.4) is 0 Å². The number of piperazine rings is 2. The number of halogens is 6. The Morgan fingerprint density at radius 3 is 1.36 bits per heavy atom. The molecule has 4 fully saturated rings. The van der Waals surface area contributed by atoms with Crippen molar-refractivity contribution in [3.8, 4) is 0 Å². The second kappa shape index (κ2) is 25.3. The molecule has 4 aliphatic rings. The number of alkyl halides is 6. The summed E-state index contributed by atoms with van der Waals surface area (Å²) in [7, 11) is 0. The van der Waals surface area contributed by atoms with Crippen molar-refractivity contribution in [2.24, 2.45) is 10.8 Å². The first kappa shape index (κ1) is 60.2. The summed E-state index contributed by atoms with van der Waals surface area (Å²) in [5, 5.41) is 3.18. The van der Waals surface area contributed by atoms with E-state index in [0.717, 1.165) is 38.3 Å². The van der Waals surface area contributed by atoms with Gasteiger partial charge < -0.3 is 43.9 Å². The van der Waals surface area contributed by atoms with Crippen LogP contribution >= 0.6 is 0 Å². The number of nitrogens with one attached hydrogen (secondary N) is 1. The molecule has 6 rings (SSSR count). The van der Waals surface area contributed by atoms with Crippen molar-refractivity contribution in [1.29, 1.82) is 0 Å². The zero-order valence-corrected chi connectivity index (χ0v) is 44.2. The fourth-order valence-corrected chi connectivity index (χ4v) is 8.54. The van der Waals surface area contributed by atoms with Gasteiger partial charge in [-0.05, 0) is 137 Å². The number of hydrogen-bond acceptors (Lipinski definition) is 13. The Morgan fingerprint density at radius 1 is 0.575 bits per heavy atom. The molecule has 0 spiro atoms. The number of carbonyl (C=O) groups is 5. The van der Waals surface area contributed by atoms with Crippen molar-refractivity contribution in [3.05, 3.63) is 58.7 Å². The van der Waals surface area contributed by atoms with Gasteiger partial charge in [-0.15, -0.1) is 0 Å². The van der Waals surface area contributed by atoms with Crippen LogP contribution in [0.5, 0.6) is 0 Å². The first-order valence-electron chi connectivity index (χ1n) is 25.0. The van der Waals surface area contributed by atoms with Gasteiger partial charge in [0, 0.05) is 102 Å². The first-order chi connectivity index (χ1) is 33.9. The second-order valence-corrected chi connectivity index (χ2v) is 21.3. The molecule has 4 aliphatic heterocycles. The lowest BCUT2D eigenvalue weighted by atomic mass is 9.80. The van der Waals surface area contributed by atoms with E-state index in [2.05, 4.69) is 5.32 Å². The minimum absolute atomic E-state index is 0.0152. The summed E-state index contributed by atoms with van der Waals surface area (Å²) in [6, 6.07) is 7.52. The number of hydrogen-bond donors (Lipinski definition) is 1. The van der Waals surface area contributed by atoms with Gasteiger partial charge >= 0.3 is 36.5 Å². The average molecular weight is 1040 g/mol. The van der Waals surface area contributed by atoms with Crippen LogP contribution in [0.25, 0.3) is 0 Å². The van der Waals surface area contributed by atoms with Crippen molar-refractivity contribution >= 4 is 41.8 Å². The SMILES string of the molecule is CC(C)(C)OC(=O)N1CCNCC1.CCOC(=O)C1(C)CCN(c2cc(C=O)cc(C(F)(F)F)c2)CC1.CCOC(=O)C1(C)CCN(c2cc(CN3CCN(C(=O)OC(C)(C)C)CC3)cc(C(F)(F)F)c2)CC1. The van der Waals surface area contributed by atoms with Crippen molar-refractivity contribution < 1.29 is 69.3 Å². The third-order valence-corrected chi connectivity index (χ3v) is 12.9. The average Bonchev–Trinajstić information content (AvgIpc) is 3.31. The Morgan fingerprint density at radius 2 is 0.973 bits per heavy atom. The molecule has 410 valence electrons. The monoisotopic (exact) mass is 1040 g/mol. The molecular weight excluding hydrogens is 967 g/mol. The molecule has 4 heterocycles. The van der Waals surface area contributed by atoms with Gasteiger partial charge in [0.2, 0.25) is 0 Å². The van der Waals surface area contributed by atoms with Gasteiger partial charge in [0.15, 0.2) is 0 Å². The molecule has 0 atom stereocenters. The second-order valence-electron chi connectivity index (χ2n) is 21.3. The van der Waals surface area contributed by atoms with Gasteiger partial charge in [-0.3, -0.25) is 19.3 Å². The molecule has 0 unspecified atom stereocenters. The summed E-state index contributed by atoms with van der Waals surface area (Å²) in [5.74, 6) is -0.526. The van der Waals surface area contributed by atoms with E-state index < -0.39 is 39.9 Å². The molecule has 0 bridgehead atoms. The summed E-state index contributed by atoms with van der Waals surface area (Å²) < 4.78 is 101. The molecule has 4 saturated heterocycles. The Hall–Kier alpha value is -5.31.